The zero-order valence-corrected chi connectivity index (χ0v) is 20.5. The van der Waals surface area contributed by atoms with Crippen molar-refractivity contribution in [3.8, 4) is 11.5 Å². The number of hydrogen-bond donors (Lipinski definition) is 1. The van der Waals surface area contributed by atoms with Gasteiger partial charge in [-0.15, -0.1) is 13.2 Å². The molecule has 0 aromatic heterocycles. The maximum absolute atomic E-state index is 13.1. The SMILES string of the molecule is COc1ccc2c(c1)C(CC(=O)c1ccc(NC(=O)c3ccc(OC(F)(F)F)cc3)cc1)=NC(C)(C)C2. The van der Waals surface area contributed by atoms with E-state index < -0.39 is 18.0 Å². The molecule has 1 N–H and O–H groups in total. The van der Waals surface area contributed by atoms with Gasteiger partial charge >= 0.3 is 6.36 Å². The molecule has 3 aromatic rings. The maximum Gasteiger partial charge on any atom is 0.573 e. The van der Waals surface area contributed by atoms with E-state index in [1.807, 2.05) is 32.0 Å². The second kappa shape index (κ2) is 10.1. The molecule has 6 nitrogen and oxygen atoms in total. The highest BCUT2D eigenvalue weighted by molar-refractivity contribution is 6.17. The lowest BCUT2D eigenvalue weighted by Gasteiger charge is -2.29. The summed E-state index contributed by atoms with van der Waals surface area (Å²) in [5.41, 5.74) is 3.43. The van der Waals surface area contributed by atoms with Crippen LogP contribution in [-0.4, -0.2) is 36.4 Å². The third kappa shape index (κ3) is 6.55. The van der Waals surface area contributed by atoms with Crippen molar-refractivity contribution in [3.05, 3.63) is 89.0 Å². The largest absolute Gasteiger partial charge is 0.573 e. The normalized spacial score (nSPS) is 14.3. The van der Waals surface area contributed by atoms with Gasteiger partial charge in [-0.25, -0.2) is 0 Å². The van der Waals surface area contributed by atoms with Crippen LogP contribution in [-0.2, 0) is 6.42 Å². The van der Waals surface area contributed by atoms with Crippen LogP contribution in [0, 0.1) is 0 Å². The average molecular weight is 511 g/mol. The Morgan fingerprint density at radius 3 is 2.19 bits per heavy atom. The third-order valence-corrected chi connectivity index (χ3v) is 5.83. The van der Waals surface area contributed by atoms with Crippen LogP contribution in [0.3, 0.4) is 0 Å². The van der Waals surface area contributed by atoms with E-state index in [0.29, 0.717) is 22.7 Å². The number of ether oxygens (including phenoxy) is 2. The van der Waals surface area contributed by atoms with Gasteiger partial charge in [0, 0.05) is 22.4 Å². The van der Waals surface area contributed by atoms with Gasteiger partial charge in [-0.1, -0.05) is 6.07 Å². The topological polar surface area (TPSA) is 77.0 Å². The number of amides is 1. The number of carbonyl (C=O) groups excluding carboxylic acids is 2. The molecule has 1 aliphatic rings. The number of hydrogen-bond acceptors (Lipinski definition) is 5. The molecule has 1 aliphatic heterocycles. The summed E-state index contributed by atoms with van der Waals surface area (Å²) in [6.45, 7) is 4.05. The Hall–Kier alpha value is -4.14. The van der Waals surface area contributed by atoms with E-state index in [1.165, 1.54) is 12.1 Å². The molecule has 9 heteroatoms. The lowest BCUT2D eigenvalue weighted by Crippen LogP contribution is -2.30. The Labute approximate surface area is 212 Å². The molecule has 3 aromatic carbocycles. The van der Waals surface area contributed by atoms with Gasteiger partial charge in [0.1, 0.15) is 11.5 Å². The van der Waals surface area contributed by atoms with Crippen LogP contribution in [0.15, 0.2) is 71.7 Å². The summed E-state index contributed by atoms with van der Waals surface area (Å²) in [5.74, 6) is -0.356. The quantitative estimate of drug-likeness (QED) is 0.382. The number of halogens is 3. The minimum Gasteiger partial charge on any atom is -0.497 e. The Bertz CT molecular complexity index is 1350. The number of nitrogens with one attached hydrogen (secondary N) is 1. The van der Waals surface area contributed by atoms with Gasteiger partial charge in [0.15, 0.2) is 5.78 Å². The highest BCUT2D eigenvalue weighted by atomic mass is 19.4. The Morgan fingerprint density at radius 2 is 1.57 bits per heavy atom. The summed E-state index contributed by atoms with van der Waals surface area (Å²) in [5, 5.41) is 2.66. The van der Waals surface area contributed by atoms with Crippen molar-refractivity contribution < 1.29 is 32.2 Å². The fourth-order valence-corrected chi connectivity index (χ4v) is 4.18. The zero-order valence-electron chi connectivity index (χ0n) is 20.5. The molecule has 0 bridgehead atoms. The zero-order chi connectivity index (χ0) is 26.8. The van der Waals surface area contributed by atoms with Crippen molar-refractivity contribution in [1.29, 1.82) is 0 Å². The number of methoxy groups -OCH3 is 1. The first kappa shape index (κ1) is 25.9. The number of fused-ring (bicyclic) bond motifs is 1. The molecule has 192 valence electrons. The van der Waals surface area contributed by atoms with Gasteiger partial charge in [0.2, 0.25) is 0 Å². The number of carbonyl (C=O) groups is 2. The number of nitrogens with zero attached hydrogens (tertiary/aromatic N) is 1. The summed E-state index contributed by atoms with van der Waals surface area (Å²) in [6.07, 6.45) is -3.93. The predicted octanol–water partition coefficient (Wildman–Crippen LogP) is 6.24. The minimum absolute atomic E-state index is 0.113. The van der Waals surface area contributed by atoms with E-state index in [4.69, 9.17) is 9.73 Å². The summed E-state index contributed by atoms with van der Waals surface area (Å²) in [6, 6.07) is 16.8. The summed E-state index contributed by atoms with van der Waals surface area (Å²) in [7, 11) is 1.59. The average Bonchev–Trinajstić information content (AvgIpc) is 2.83. The molecular formula is C28H25F3N2O4. The van der Waals surface area contributed by atoms with Gasteiger partial charge in [-0.05, 0) is 86.5 Å². The van der Waals surface area contributed by atoms with E-state index in [2.05, 4.69) is 10.1 Å². The second-order valence-corrected chi connectivity index (χ2v) is 9.27. The first-order chi connectivity index (χ1) is 17.4. The summed E-state index contributed by atoms with van der Waals surface area (Å²) >= 11 is 0. The molecule has 0 radical (unpaired) electrons. The molecule has 0 aliphatic carbocycles. The number of anilines is 1. The third-order valence-electron chi connectivity index (χ3n) is 5.83. The lowest BCUT2D eigenvalue weighted by atomic mass is 9.85. The summed E-state index contributed by atoms with van der Waals surface area (Å²) < 4.78 is 46.1. The van der Waals surface area contributed by atoms with Crippen LogP contribution in [0.25, 0.3) is 0 Å². The smallest absolute Gasteiger partial charge is 0.497 e. The van der Waals surface area contributed by atoms with Crippen LogP contribution < -0.4 is 14.8 Å². The van der Waals surface area contributed by atoms with Gasteiger partial charge in [-0.2, -0.15) is 0 Å². The summed E-state index contributed by atoms with van der Waals surface area (Å²) in [4.78, 5) is 30.4. The maximum atomic E-state index is 13.1. The van der Waals surface area contributed by atoms with E-state index in [1.54, 1.807) is 31.4 Å². The molecule has 0 saturated carbocycles. The van der Waals surface area contributed by atoms with Gasteiger partial charge in [0.05, 0.1) is 24.8 Å². The fourth-order valence-electron chi connectivity index (χ4n) is 4.18. The number of aliphatic imine (C=N–C) groups is 1. The molecule has 0 fully saturated rings. The minimum atomic E-state index is -4.81. The Kier molecular flexibility index (Phi) is 7.07. The molecule has 37 heavy (non-hydrogen) atoms. The van der Waals surface area contributed by atoms with Crippen molar-refractivity contribution in [2.75, 3.05) is 12.4 Å². The van der Waals surface area contributed by atoms with Gasteiger partial charge in [0.25, 0.3) is 5.91 Å². The van der Waals surface area contributed by atoms with Crippen molar-refractivity contribution >= 4 is 23.1 Å². The van der Waals surface area contributed by atoms with Crippen molar-refractivity contribution in [2.45, 2.75) is 38.6 Å². The van der Waals surface area contributed by atoms with Gasteiger partial charge in [-0.3, -0.25) is 14.6 Å². The van der Waals surface area contributed by atoms with Crippen LogP contribution in [0.4, 0.5) is 18.9 Å². The number of ketones is 1. The van der Waals surface area contributed by atoms with Crippen LogP contribution >= 0.6 is 0 Å². The number of alkyl halides is 3. The predicted molar refractivity (Wildman–Crippen MR) is 134 cm³/mol. The molecule has 1 amide bonds. The van der Waals surface area contributed by atoms with Crippen LogP contribution in [0.1, 0.15) is 52.1 Å². The molecular weight excluding hydrogens is 485 g/mol. The van der Waals surface area contributed by atoms with E-state index in [-0.39, 0.29) is 23.3 Å². The van der Waals surface area contributed by atoms with E-state index in [0.717, 1.165) is 29.7 Å². The van der Waals surface area contributed by atoms with E-state index >= 15 is 0 Å². The molecule has 0 spiro atoms. The lowest BCUT2D eigenvalue weighted by molar-refractivity contribution is -0.274. The fraction of sp³-hybridized carbons (Fsp3) is 0.250. The van der Waals surface area contributed by atoms with Crippen LogP contribution in [0.2, 0.25) is 0 Å². The molecule has 0 unspecified atom stereocenters. The van der Waals surface area contributed by atoms with Gasteiger partial charge < -0.3 is 14.8 Å². The van der Waals surface area contributed by atoms with Crippen molar-refractivity contribution in [2.24, 2.45) is 4.99 Å². The first-order valence-corrected chi connectivity index (χ1v) is 11.5. The van der Waals surface area contributed by atoms with Crippen molar-refractivity contribution in [3.63, 3.8) is 0 Å². The second-order valence-electron chi connectivity index (χ2n) is 9.27. The van der Waals surface area contributed by atoms with Crippen molar-refractivity contribution in [1.82, 2.24) is 0 Å². The highest BCUT2D eigenvalue weighted by Crippen LogP contribution is 2.31. The molecule has 0 atom stereocenters. The Balaban J connectivity index is 1.43. The molecule has 4 rings (SSSR count). The number of Topliss-reactive ketones (excluding diaryl/α,β-unsaturated/α-hetero) is 1. The number of rotatable bonds is 7. The van der Waals surface area contributed by atoms with Crippen LogP contribution in [0.5, 0.6) is 11.5 Å². The molecule has 0 saturated heterocycles. The first-order valence-electron chi connectivity index (χ1n) is 11.5. The standard InChI is InChI=1S/C28H25F3N2O4/c1-27(2)16-19-8-13-22(36-3)14-23(19)24(33-27)15-25(34)17-4-9-20(10-5-17)32-26(35)18-6-11-21(12-7-18)37-28(29,30)31/h4-14H,15-16H2,1-3H3,(H,32,35). The Morgan fingerprint density at radius 1 is 0.946 bits per heavy atom. The molecule has 1 heterocycles. The highest BCUT2D eigenvalue weighted by Gasteiger charge is 2.31. The number of benzene rings is 3. The monoisotopic (exact) mass is 510 g/mol. The van der Waals surface area contributed by atoms with E-state index in [9.17, 15) is 22.8 Å².